The van der Waals surface area contributed by atoms with Crippen molar-refractivity contribution in [2.45, 2.75) is 6.92 Å². The van der Waals surface area contributed by atoms with Crippen LogP contribution >= 0.6 is 0 Å². The van der Waals surface area contributed by atoms with Crippen LogP contribution in [0.15, 0.2) is 71.3 Å². The standard InChI is InChI=1S/C20H18N2O4/c1-14-4-6-15(7-5-14)21-19(23)13-26-17-10-8-16(9-11-17)22-20(24)18-3-2-12-25-18/h2-12H,13H2,1H3,(H,21,23)(H,22,24). The van der Waals surface area contributed by atoms with Crippen LogP contribution in [0.5, 0.6) is 5.75 Å². The van der Waals surface area contributed by atoms with Crippen LogP contribution in [-0.4, -0.2) is 18.4 Å². The number of nitrogens with one attached hydrogen (secondary N) is 2. The Kier molecular flexibility index (Phi) is 5.34. The van der Waals surface area contributed by atoms with Crippen molar-refractivity contribution in [3.63, 3.8) is 0 Å². The molecule has 0 aliphatic heterocycles. The number of carbonyl (C=O) groups is 2. The van der Waals surface area contributed by atoms with Crippen LogP contribution < -0.4 is 15.4 Å². The first kappa shape index (κ1) is 17.3. The Bertz CT molecular complexity index is 869. The van der Waals surface area contributed by atoms with E-state index in [9.17, 15) is 9.59 Å². The SMILES string of the molecule is Cc1ccc(NC(=O)COc2ccc(NC(=O)c3ccco3)cc2)cc1. The fraction of sp³-hybridized carbons (Fsp3) is 0.100. The minimum atomic E-state index is -0.332. The molecule has 0 atom stereocenters. The molecule has 2 aromatic carbocycles. The van der Waals surface area contributed by atoms with E-state index in [2.05, 4.69) is 10.6 Å². The van der Waals surface area contributed by atoms with E-state index in [4.69, 9.17) is 9.15 Å². The number of benzene rings is 2. The van der Waals surface area contributed by atoms with Gasteiger partial charge in [0.2, 0.25) is 0 Å². The second kappa shape index (κ2) is 8.02. The molecular formula is C20H18N2O4. The Morgan fingerprint density at radius 3 is 2.23 bits per heavy atom. The molecular weight excluding hydrogens is 332 g/mol. The number of amides is 2. The summed E-state index contributed by atoms with van der Waals surface area (Å²) in [5, 5.41) is 5.47. The van der Waals surface area contributed by atoms with Gasteiger partial charge in [0.15, 0.2) is 12.4 Å². The van der Waals surface area contributed by atoms with Gasteiger partial charge in [0.25, 0.3) is 11.8 Å². The second-order valence-electron chi connectivity index (χ2n) is 5.66. The van der Waals surface area contributed by atoms with Crippen molar-refractivity contribution in [3.05, 3.63) is 78.3 Å². The maximum Gasteiger partial charge on any atom is 0.291 e. The van der Waals surface area contributed by atoms with E-state index in [1.165, 1.54) is 6.26 Å². The van der Waals surface area contributed by atoms with E-state index >= 15 is 0 Å². The molecule has 0 spiro atoms. The Balaban J connectivity index is 1.48. The summed E-state index contributed by atoms with van der Waals surface area (Å²) >= 11 is 0. The number of ether oxygens (including phenoxy) is 1. The van der Waals surface area contributed by atoms with Crippen molar-refractivity contribution in [2.75, 3.05) is 17.2 Å². The van der Waals surface area contributed by atoms with Crippen molar-refractivity contribution >= 4 is 23.2 Å². The van der Waals surface area contributed by atoms with Crippen LogP contribution in [0.25, 0.3) is 0 Å². The van der Waals surface area contributed by atoms with Crippen molar-refractivity contribution in [1.29, 1.82) is 0 Å². The molecule has 0 aliphatic carbocycles. The van der Waals surface area contributed by atoms with Crippen LogP contribution in [-0.2, 0) is 4.79 Å². The smallest absolute Gasteiger partial charge is 0.291 e. The van der Waals surface area contributed by atoms with Gasteiger partial charge < -0.3 is 19.8 Å². The molecule has 132 valence electrons. The van der Waals surface area contributed by atoms with E-state index in [0.717, 1.165) is 11.3 Å². The van der Waals surface area contributed by atoms with Gasteiger partial charge in [-0.25, -0.2) is 0 Å². The molecule has 1 heterocycles. The molecule has 0 saturated heterocycles. The van der Waals surface area contributed by atoms with Gasteiger partial charge in [-0.15, -0.1) is 0 Å². The summed E-state index contributed by atoms with van der Waals surface area (Å²) in [6, 6.07) is 17.5. The molecule has 0 bridgehead atoms. The Labute approximate surface area is 150 Å². The van der Waals surface area contributed by atoms with Crippen LogP contribution in [0.1, 0.15) is 16.1 Å². The van der Waals surface area contributed by atoms with E-state index in [-0.39, 0.29) is 24.2 Å². The molecule has 0 fully saturated rings. The second-order valence-corrected chi connectivity index (χ2v) is 5.66. The van der Waals surface area contributed by atoms with E-state index < -0.39 is 0 Å². The average molecular weight is 350 g/mol. The highest BCUT2D eigenvalue weighted by atomic mass is 16.5. The number of rotatable bonds is 6. The van der Waals surface area contributed by atoms with Gasteiger partial charge in [0, 0.05) is 11.4 Å². The molecule has 1 aromatic heterocycles. The Morgan fingerprint density at radius 2 is 1.58 bits per heavy atom. The van der Waals surface area contributed by atoms with Crippen LogP contribution in [0.4, 0.5) is 11.4 Å². The fourth-order valence-corrected chi connectivity index (χ4v) is 2.22. The molecule has 6 heteroatoms. The molecule has 2 amide bonds. The summed E-state index contributed by atoms with van der Waals surface area (Å²) in [6.45, 7) is 1.88. The molecule has 26 heavy (non-hydrogen) atoms. The Morgan fingerprint density at radius 1 is 0.923 bits per heavy atom. The first-order chi connectivity index (χ1) is 12.6. The van der Waals surface area contributed by atoms with Crippen molar-refractivity contribution in [2.24, 2.45) is 0 Å². The first-order valence-corrected chi connectivity index (χ1v) is 8.04. The molecule has 0 saturated carbocycles. The minimum absolute atomic E-state index is 0.105. The lowest BCUT2D eigenvalue weighted by Crippen LogP contribution is -2.20. The summed E-state index contributed by atoms with van der Waals surface area (Å²) in [5.74, 6) is 0.184. The minimum Gasteiger partial charge on any atom is -0.484 e. The number of furan rings is 1. The van der Waals surface area contributed by atoms with Crippen molar-refractivity contribution in [3.8, 4) is 5.75 Å². The van der Waals surface area contributed by atoms with Crippen LogP contribution in [0, 0.1) is 6.92 Å². The molecule has 0 aliphatic rings. The lowest BCUT2D eigenvalue weighted by atomic mass is 10.2. The summed E-state index contributed by atoms with van der Waals surface area (Å²) in [7, 11) is 0. The number of hydrogen-bond acceptors (Lipinski definition) is 4. The third-order valence-corrected chi connectivity index (χ3v) is 3.56. The quantitative estimate of drug-likeness (QED) is 0.707. The summed E-state index contributed by atoms with van der Waals surface area (Å²) in [5.41, 5.74) is 2.45. The molecule has 3 rings (SSSR count). The highest BCUT2D eigenvalue weighted by molar-refractivity contribution is 6.02. The number of aryl methyl sites for hydroxylation is 1. The highest BCUT2D eigenvalue weighted by Crippen LogP contribution is 2.17. The third-order valence-electron chi connectivity index (χ3n) is 3.56. The summed E-state index contributed by atoms with van der Waals surface area (Å²) in [4.78, 5) is 23.8. The van der Waals surface area contributed by atoms with Gasteiger partial charge in [0.05, 0.1) is 6.26 Å². The van der Waals surface area contributed by atoms with E-state index in [1.807, 2.05) is 31.2 Å². The highest BCUT2D eigenvalue weighted by Gasteiger charge is 2.09. The maximum atomic E-state index is 11.9. The predicted octanol–water partition coefficient (Wildman–Crippen LogP) is 3.86. The average Bonchev–Trinajstić information content (AvgIpc) is 3.18. The largest absolute Gasteiger partial charge is 0.484 e. The van der Waals surface area contributed by atoms with E-state index in [1.54, 1.807) is 36.4 Å². The molecule has 2 N–H and O–H groups in total. The van der Waals surface area contributed by atoms with Gasteiger partial charge in [-0.1, -0.05) is 17.7 Å². The van der Waals surface area contributed by atoms with Crippen molar-refractivity contribution < 1.29 is 18.7 Å². The molecule has 3 aromatic rings. The zero-order valence-electron chi connectivity index (χ0n) is 14.2. The number of hydrogen-bond donors (Lipinski definition) is 2. The van der Waals surface area contributed by atoms with Gasteiger partial charge >= 0.3 is 0 Å². The van der Waals surface area contributed by atoms with Crippen LogP contribution in [0.2, 0.25) is 0 Å². The van der Waals surface area contributed by atoms with Gasteiger partial charge in [-0.05, 0) is 55.5 Å². The molecule has 0 radical (unpaired) electrons. The van der Waals surface area contributed by atoms with Gasteiger partial charge in [0.1, 0.15) is 5.75 Å². The van der Waals surface area contributed by atoms with Crippen molar-refractivity contribution in [1.82, 2.24) is 0 Å². The van der Waals surface area contributed by atoms with Crippen LogP contribution in [0.3, 0.4) is 0 Å². The summed E-state index contributed by atoms with van der Waals surface area (Å²) in [6.07, 6.45) is 1.44. The summed E-state index contributed by atoms with van der Waals surface area (Å²) < 4.78 is 10.5. The zero-order chi connectivity index (χ0) is 18.4. The predicted molar refractivity (Wildman–Crippen MR) is 98.4 cm³/mol. The fourth-order valence-electron chi connectivity index (χ4n) is 2.22. The lowest BCUT2D eigenvalue weighted by Gasteiger charge is -2.09. The third kappa shape index (κ3) is 4.73. The molecule has 6 nitrogen and oxygen atoms in total. The topological polar surface area (TPSA) is 80.6 Å². The normalized spacial score (nSPS) is 10.2. The molecule has 0 unspecified atom stereocenters. The number of carbonyl (C=O) groups excluding carboxylic acids is 2. The first-order valence-electron chi connectivity index (χ1n) is 8.04. The monoisotopic (exact) mass is 350 g/mol. The van der Waals surface area contributed by atoms with Gasteiger partial charge in [-0.2, -0.15) is 0 Å². The lowest BCUT2D eigenvalue weighted by molar-refractivity contribution is -0.118. The van der Waals surface area contributed by atoms with E-state index in [0.29, 0.717) is 11.4 Å². The maximum absolute atomic E-state index is 11.9. The Hall–Kier alpha value is -3.54. The van der Waals surface area contributed by atoms with Gasteiger partial charge in [-0.3, -0.25) is 9.59 Å². The number of anilines is 2. The zero-order valence-corrected chi connectivity index (χ0v) is 14.2.